The molecule has 1 aliphatic heterocycles. The summed E-state index contributed by atoms with van der Waals surface area (Å²) in [6.45, 7) is 4.04. The number of unbranched alkanes of at least 4 members (excludes halogenated alkanes) is 3. The fraction of sp³-hybridized carbons (Fsp3) is 1.00. The molecule has 0 spiro atoms. The Morgan fingerprint density at radius 2 is 1.83 bits per heavy atom. The standard InChI is InChI=1S/C17H38N2O3Si/c1-5-12-17(20-2)16(19-14-9-7-6-8-13-18)11-10-15-23(17,21-3)22-4/h16,19H,5-15,18H2,1-4H3. The molecule has 0 aromatic heterocycles. The Hall–Kier alpha value is 0.0169. The Balaban J connectivity index is 2.74. The molecule has 0 saturated carbocycles. The molecule has 5 nitrogen and oxygen atoms in total. The van der Waals surface area contributed by atoms with Gasteiger partial charge in [0.15, 0.2) is 0 Å². The third-order valence-corrected chi connectivity index (χ3v) is 9.80. The molecule has 1 rings (SSSR count). The van der Waals surface area contributed by atoms with Crippen molar-refractivity contribution in [3.63, 3.8) is 0 Å². The van der Waals surface area contributed by atoms with Gasteiger partial charge in [-0.15, -0.1) is 0 Å². The molecule has 1 fully saturated rings. The maximum absolute atomic E-state index is 6.16. The molecule has 0 aromatic carbocycles. The van der Waals surface area contributed by atoms with Gasteiger partial charge in [-0.3, -0.25) is 0 Å². The molecule has 1 aliphatic rings. The monoisotopic (exact) mass is 346 g/mol. The number of hydrogen-bond donors (Lipinski definition) is 2. The molecule has 1 heterocycles. The number of rotatable bonds is 12. The van der Waals surface area contributed by atoms with Crippen LogP contribution in [0.15, 0.2) is 0 Å². The molecular weight excluding hydrogens is 308 g/mol. The van der Waals surface area contributed by atoms with Crippen LogP contribution < -0.4 is 11.1 Å². The average molecular weight is 347 g/mol. The van der Waals surface area contributed by atoms with Crippen LogP contribution in [0.5, 0.6) is 0 Å². The van der Waals surface area contributed by atoms with Crippen molar-refractivity contribution < 1.29 is 13.6 Å². The second kappa shape index (κ2) is 10.8. The Bertz CT molecular complexity index is 316. The van der Waals surface area contributed by atoms with Crippen molar-refractivity contribution >= 4 is 8.56 Å². The van der Waals surface area contributed by atoms with Crippen LogP contribution in [0.1, 0.15) is 58.3 Å². The normalized spacial score (nSPS) is 27.3. The lowest BCUT2D eigenvalue weighted by molar-refractivity contribution is -0.0372. The molecule has 23 heavy (non-hydrogen) atoms. The van der Waals surface area contributed by atoms with Gasteiger partial charge in [-0.1, -0.05) is 26.2 Å². The first-order valence-corrected chi connectivity index (χ1v) is 11.3. The number of methoxy groups -OCH3 is 1. The van der Waals surface area contributed by atoms with E-state index in [4.69, 9.17) is 19.3 Å². The highest BCUT2D eigenvalue weighted by atomic mass is 28.4. The maximum atomic E-state index is 6.16. The van der Waals surface area contributed by atoms with E-state index in [0.29, 0.717) is 6.04 Å². The van der Waals surface area contributed by atoms with Gasteiger partial charge in [0, 0.05) is 27.4 Å². The minimum Gasteiger partial charge on any atom is -0.396 e. The number of nitrogens with one attached hydrogen (secondary N) is 1. The second-order valence-electron chi connectivity index (χ2n) is 6.61. The average Bonchev–Trinajstić information content (AvgIpc) is 2.59. The Morgan fingerprint density at radius 1 is 1.13 bits per heavy atom. The molecule has 1 saturated heterocycles. The van der Waals surface area contributed by atoms with Gasteiger partial charge in [0.1, 0.15) is 5.22 Å². The minimum absolute atomic E-state index is 0.291. The van der Waals surface area contributed by atoms with Crippen LogP contribution in [0, 0.1) is 0 Å². The quantitative estimate of drug-likeness (QED) is 0.420. The summed E-state index contributed by atoms with van der Waals surface area (Å²) in [5, 5.41) is 3.48. The molecule has 6 heteroatoms. The summed E-state index contributed by atoms with van der Waals surface area (Å²) in [7, 11) is 3.05. The number of ether oxygens (including phenoxy) is 1. The molecule has 138 valence electrons. The van der Waals surface area contributed by atoms with Gasteiger partial charge in [-0.25, -0.2) is 0 Å². The lowest BCUT2D eigenvalue weighted by Gasteiger charge is -2.52. The highest BCUT2D eigenvalue weighted by Gasteiger charge is 2.62. The molecule has 0 bridgehead atoms. The molecule has 0 aromatic rings. The summed E-state index contributed by atoms with van der Waals surface area (Å²) < 4.78 is 18.2. The van der Waals surface area contributed by atoms with Crippen LogP contribution in [-0.4, -0.2) is 54.2 Å². The third kappa shape index (κ3) is 4.77. The third-order valence-electron chi connectivity index (χ3n) is 5.37. The largest absolute Gasteiger partial charge is 0.396 e. The first-order chi connectivity index (χ1) is 11.2. The zero-order valence-corrected chi connectivity index (χ0v) is 16.7. The summed E-state index contributed by atoms with van der Waals surface area (Å²) in [4.78, 5) is 0. The Kier molecular flexibility index (Phi) is 9.88. The lowest BCUT2D eigenvalue weighted by Crippen LogP contribution is -2.73. The zero-order valence-electron chi connectivity index (χ0n) is 15.7. The van der Waals surface area contributed by atoms with E-state index >= 15 is 0 Å². The van der Waals surface area contributed by atoms with E-state index in [0.717, 1.165) is 51.2 Å². The van der Waals surface area contributed by atoms with E-state index in [9.17, 15) is 0 Å². The van der Waals surface area contributed by atoms with Crippen LogP contribution in [0.3, 0.4) is 0 Å². The summed E-state index contributed by atoms with van der Waals surface area (Å²) in [5.74, 6) is 0. The van der Waals surface area contributed by atoms with Gasteiger partial charge < -0.3 is 24.6 Å². The summed E-state index contributed by atoms with van der Waals surface area (Å²) >= 11 is 0. The van der Waals surface area contributed by atoms with E-state index < -0.39 is 8.56 Å². The van der Waals surface area contributed by atoms with Crippen LogP contribution >= 0.6 is 0 Å². The fourth-order valence-corrected chi connectivity index (χ4v) is 8.26. The SMILES string of the molecule is CCCC1(OC)C(NCCCCCCN)CCC[Si]1(OC)OC. The van der Waals surface area contributed by atoms with E-state index in [1.165, 1.54) is 19.3 Å². The van der Waals surface area contributed by atoms with Crippen molar-refractivity contribution in [2.45, 2.75) is 75.6 Å². The van der Waals surface area contributed by atoms with Gasteiger partial charge in [-0.05, 0) is 51.2 Å². The molecular formula is C17H38N2O3Si. The predicted molar refractivity (Wildman–Crippen MR) is 97.8 cm³/mol. The zero-order chi connectivity index (χ0) is 17.2. The van der Waals surface area contributed by atoms with E-state index in [1.807, 2.05) is 7.11 Å². The predicted octanol–water partition coefficient (Wildman–Crippen LogP) is 2.72. The summed E-state index contributed by atoms with van der Waals surface area (Å²) in [6, 6.07) is 1.34. The van der Waals surface area contributed by atoms with Crippen LogP contribution in [0.4, 0.5) is 0 Å². The van der Waals surface area contributed by atoms with Gasteiger partial charge in [0.25, 0.3) is 0 Å². The number of hydrogen-bond acceptors (Lipinski definition) is 5. The highest BCUT2D eigenvalue weighted by molar-refractivity contribution is 6.71. The molecule has 0 radical (unpaired) electrons. The van der Waals surface area contributed by atoms with Gasteiger partial charge >= 0.3 is 8.56 Å². The van der Waals surface area contributed by atoms with Crippen molar-refractivity contribution in [3.8, 4) is 0 Å². The van der Waals surface area contributed by atoms with E-state index in [1.54, 1.807) is 14.2 Å². The van der Waals surface area contributed by atoms with Crippen LogP contribution in [-0.2, 0) is 13.6 Å². The first kappa shape index (κ1) is 21.1. The topological polar surface area (TPSA) is 65.7 Å². The lowest BCUT2D eigenvalue weighted by atomic mass is 9.99. The molecule has 3 N–H and O–H groups in total. The van der Waals surface area contributed by atoms with Crippen molar-refractivity contribution in [2.75, 3.05) is 34.4 Å². The van der Waals surface area contributed by atoms with Gasteiger partial charge in [-0.2, -0.15) is 0 Å². The van der Waals surface area contributed by atoms with Crippen molar-refractivity contribution in [1.29, 1.82) is 0 Å². The van der Waals surface area contributed by atoms with Gasteiger partial charge in [0.2, 0.25) is 0 Å². The fourth-order valence-electron chi connectivity index (χ4n) is 4.18. The van der Waals surface area contributed by atoms with Crippen LogP contribution in [0.2, 0.25) is 6.04 Å². The summed E-state index contributed by atoms with van der Waals surface area (Å²) in [6.07, 6.45) is 9.13. The van der Waals surface area contributed by atoms with E-state index in [2.05, 4.69) is 12.2 Å². The van der Waals surface area contributed by atoms with Crippen LogP contribution in [0.25, 0.3) is 0 Å². The Labute approximate surface area is 143 Å². The smallest absolute Gasteiger partial charge is 0.372 e. The second-order valence-corrected chi connectivity index (χ2v) is 10.3. The first-order valence-electron chi connectivity index (χ1n) is 9.25. The van der Waals surface area contributed by atoms with Crippen molar-refractivity contribution in [1.82, 2.24) is 5.32 Å². The molecule has 2 atom stereocenters. The summed E-state index contributed by atoms with van der Waals surface area (Å²) in [5.41, 5.74) is 5.55. The van der Waals surface area contributed by atoms with Gasteiger partial charge in [0.05, 0.1) is 0 Å². The Morgan fingerprint density at radius 3 is 2.39 bits per heavy atom. The molecule has 0 amide bonds. The van der Waals surface area contributed by atoms with Crippen molar-refractivity contribution in [2.24, 2.45) is 5.73 Å². The molecule has 2 unspecified atom stereocenters. The minimum atomic E-state index is -2.38. The number of nitrogens with two attached hydrogens (primary N) is 1. The van der Waals surface area contributed by atoms with Crippen molar-refractivity contribution in [3.05, 3.63) is 0 Å². The maximum Gasteiger partial charge on any atom is 0.372 e. The highest BCUT2D eigenvalue weighted by Crippen LogP contribution is 2.43. The van der Waals surface area contributed by atoms with E-state index in [-0.39, 0.29) is 5.22 Å². The molecule has 0 aliphatic carbocycles.